The van der Waals surface area contributed by atoms with Crippen LogP contribution in [0.25, 0.3) is 11.0 Å². The second kappa shape index (κ2) is 10.9. The van der Waals surface area contributed by atoms with E-state index >= 15 is 0 Å². The van der Waals surface area contributed by atoms with E-state index in [4.69, 9.17) is 0 Å². The van der Waals surface area contributed by atoms with Crippen LogP contribution in [-0.4, -0.2) is 28.7 Å². The molecule has 29 heavy (non-hydrogen) atoms. The SMILES string of the molecule is CCNC(=NCc1ccccc1OC(F)F)NCc1nc2ccccc2n1C.I. The van der Waals surface area contributed by atoms with Gasteiger partial charge >= 0.3 is 6.61 Å². The molecule has 0 bridgehead atoms. The number of ether oxygens (including phenoxy) is 1. The van der Waals surface area contributed by atoms with Crippen molar-refractivity contribution in [3.63, 3.8) is 0 Å². The number of hydrogen-bond donors (Lipinski definition) is 2. The topological polar surface area (TPSA) is 63.5 Å². The highest BCUT2D eigenvalue weighted by atomic mass is 127. The Kier molecular flexibility index (Phi) is 8.62. The molecule has 2 N–H and O–H groups in total. The summed E-state index contributed by atoms with van der Waals surface area (Å²) in [5.74, 6) is 1.57. The van der Waals surface area contributed by atoms with Gasteiger partial charge in [-0.05, 0) is 25.1 Å². The quantitative estimate of drug-likeness (QED) is 0.283. The maximum absolute atomic E-state index is 12.6. The van der Waals surface area contributed by atoms with E-state index in [9.17, 15) is 8.78 Å². The van der Waals surface area contributed by atoms with Crippen molar-refractivity contribution < 1.29 is 13.5 Å². The molecule has 0 aliphatic carbocycles. The Hall–Kier alpha value is -2.43. The molecule has 1 heterocycles. The highest BCUT2D eigenvalue weighted by Gasteiger charge is 2.10. The molecule has 0 radical (unpaired) electrons. The van der Waals surface area contributed by atoms with Crippen LogP contribution in [0.1, 0.15) is 18.3 Å². The van der Waals surface area contributed by atoms with Crippen molar-refractivity contribution in [2.75, 3.05) is 6.54 Å². The van der Waals surface area contributed by atoms with E-state index in [-0.39, 0.29) is 36.3 Å². The second-order valence-corrected chi connectivity index (χ2v) is 6.11. The number of aliphatic imine (C=N–C) groups is 1. The number of nitrogens with zero attached hydrogens (tertiary/aromatic N) is 3. The van der Waals surface area contributed by atoms with E-state index in [0.717, 1.165) is 16.9 Å². The molecule has 6 nitrogen and oxygen atoms in total. The van der Waals surface area contributed by atoms with Gasteiger partial charge in [-0.15, -0.1) is 24.0 Å². The minimum absolute atomic E-state index is 0. The summed E-state index contributed by atoms with van der Waals surface area (Å²) >= 11 is 0. The molecular formula is C20H24F2IN5O. The number of alkyl halides is 2. The molecule has 0 amide bonds. The predicted molar refractivity (Wildman–Crippen MR) is 121 cm³/mol. The van der Waals surface area contributed by atoms with Crippen LogP contribution in [0.15, 0.2) is 53.5 Å². The molecule has 9 heteroatoms. The number of aryl methyl sites for hydroxylation is 1. The summed E-state index contributed by atoms with van der Waals surface area (Å²) in [6, 6.07) is 14.6. The lowest BCUT2D eigenvalue weighted by atomic mass is 10.2. The fourth-order valence-corrected chi connectivity index (χ4v) is 2.87. The van der Waals surface area contributed by atoms with Crippen LogP contribution in [0.3, 0.4) is 0 Å². The lowest BCUT2D eigenvalue weighted by molar-refractivity contribution is -0.0504. The molecular weight excluding hydrogens is 491 g/mol. The summed E-state index contributed by atoms with van der Waals surface area (Å²) < 4.78 is 31.7. The third-order valence-electron chi connectivity index (χ3n) is 4.23. The monoisotopic (exact) mass is 515 g/mol. The fourth-order valence-electron chi connectivity index (χ4n) is 2.87. The minimum Gasteiger partial charge on any atom is -0.434 e. The number of hydrogen-bond acceptors (Lipinski definition) is 3. The van der Waals surface area contributed by atoms with E-state index < -0.39 is 6.61 Å². The highest BCUT2D eigenvalue weighted by molar-refractivity contribution is 14.0. The first-order chi connectivity index (χ1) is 13.6. The van der Waals surface area contributed by atoms with Crippen molar-refractivity contribution in [2.24, 2.45) is 12.0 Å². The van der Waals surface area contributed by atoms with E-state index in [2.05, 4.69) is 25.3 Å². The third kappa shape index (κ3) is 6.02. The van der Waals surface area contributed by atoms with Crippen LogP contribution in [0, 0.1) is 0 Å². The van der Waals surface area contributed by atoms with Crippen LogP contribution in [0.5, 0.6) is 5.75 Å². The van der Waals surface area contributed by atoms with Gasteiger partial charge in [0.15, 0.2) is 5.96 Å². The van der Waals surface area contributed by atoms with E-state index in [0.29, 0.717) is 24.6 Å². The Morgan fingerprint density at radius 1 is 1.14 bits per heavy atom. The second-order valence-electron chi connectivity index (χ2n) is 6.11. The molecule has 0 unspecified atom stereocenters. The predicted octanol–water partition coefficient (Wildman–Crippen LogP) is 4.05. The molecule has 0 aliphatic rings. The van der Waals surface area contributed by atoms with Crippen LogP contribution >= 0.6 is 24.0 Å². The molecule has 0 saturated carbocycles. The Morgan fingerprint density at radius 3 is 2.59 bits per heavy atom. The Labute approximate surface area is 185 Å². The van der Waals surface area contributed by atoms with Crippen LogP contribution in [-0.2, 0) is 20.1 Å². The van der Waals surface area contributed by atoms with Crippen LogP contribution in [0.4, 0.5) is 8.78 Å². The van der Waals surface area contributed by atoms with E-state index in [1.54, 1.807) is 18.2 Å². The van der Waals surface area contributed by atoms with Gasteiger partial charge in [0, 0.05) is 19.2 Å². The van der Waals surface area contributed by atoms with Crippen molar-refractivity contribution in [1.82, 2.24) is 20.2 Å². The first kappa shape index (κ1) is 22.9. The average Bonchev–Trinajstić information content (AvgIpc) is 3.01. The number of guanidine groups is 1. The van der Waals surface area contributed by atoms with Crippen LogP contribution in [0.2, 0.25) is 0 Å². The Morgan fingerprint density at radius 2 is 1.86 bits per heavy atom. The zero-order chi connectivity index (χ0) is 19.9. The van der Waals surface area contributed by atoms with Crippen molar-refractivity contribution in [3.8, 4) is 5.75 Å². The summed E-state index contributed by atoms with van der Waals surface area (Å²) in [5.41, 5.74) is 2.57. The van der Waals surface area contributed by atoms with Gasteiger partial charge in [0.25, 0.3) is 0 Å². The number of para-hydroxylation sites is 3. The third-order valence-corrected chi connectivity index (χ3v) is 4.23. The first-order valence-electron chi connectivity index (χ1n) is 9.03. The number of benzene rings is 2. The maximum Gasteiger partial charge on any atom is 0.387 e. The molecule has 3 rings (SSSR count). The molecule has 1 aromatic heterocycles. The molecule has 0 fully saturated rings. The number of halogens is 3. The van der Waals surface area contributed by atoms with Crippen LogP contribution < -0.4 is 15.4 Å². The normalized spacial score (nSPS) is 11.4. The van der Waals surface area contributed by atoms with Gasteiger partial charge in [0.05, 0.1) is 24.1 Å². The fraction of sp³-hybridized carbons (Fsp3) is 0.300. The largest absolute Gasteiger partial charge is 0.434 e. The summed E-state index contributed by atoms with van der Waals surface area (Å²) in [4.78, 5) is 9.11. The molecule has 3 aromatic rings. The molecule has 2 aromatic carbocycles. The highest BCUT2D eigenvalue weighted by Crippen LogP contribution is 2.21. The molecule has 0 spiro atoms. The number of aromatic nitrogens is 2. The van der Waals surface area contributed by atoms with Crippen molar-refractivity contribution in [1.29, 1.82) is 0 Å². The van der Waals surface area contributed by atoms with Gasteiger partial charge in [-0.1, -0.05) is 30.3 Å². The van der Waals surface area contributed by atoms with Crippen molar-refractivity contribution in [3.05, 3.63) is 59.9 Å². The molecule has 156 valence electrons. The Bertz CT molecular complexity index is 961. The van der Waals surface area contributed by atoms with E-state index in [1.165, 1.54) is 6.07 Å². The van der Waals surface area contributed by atoms with Crippen molar-refractivity contribution in [2.45, 2.75) is 26.6 Å². The molecule has 0 aliphatic heterocycles. The summed E-state index contributed by atoms with van der Waals surface area (Å²) in [6.45, 7) is 0.449. The molecule has 0 atom stereocenters. The zero-order valence-corrected chi connectivity index (χ0v) is 18.6. The van der Waals surface area contributed by atoms with Gasteiger partial charge in [-0.2, -0.15) is 8.78 Å². The lowest BCUT2D eigenvalue weighted by Gasteiger charge is -2.12. The zero-order valence-electron chi connectivity index (χ0n) is 16.2. The van der Waals surface area contributed by atoms with Gasteiger partial charge in [-0.25, -0.2) is 9.98 Å². The van der Waals surface area contributed by atoms with Crippen molar-refractivity contribution >= 4 is 41.0 Å². The minimum atomic E-state index is -2.87. The van der Waals surface area contributed by atoms with Gasteiger partial charge in [0.1, 0.15) is 11.6 Å². The first-order valence-corrected chi connectivity index (χ1v) is 9.03. The Balaban J connectivity index is 0.00000300. The summed E-state index contributed by atoms with van der Waals surface area (Å²) in [5, 5.41) is 6.39. The number of imidazole rings is 1. The number of rotatable bonds is 7. The average molecular weight is 515 g/mol. The summed E-state index contributed by atoms with van der Waals surface area (Å²) in [7, 11) is 1.97. The smallest absolute Gasteiger partial charge is 0.387 e. The number of fused-ring (bicyclic) bond motifs is 1. The van der Waals surface area contributed by atoms with Gasteiger partial charge < -0.3 is 19.9 Å². The van der Waals surface area contributed by atoms with Gasteiger partial charge in [-0.3, -0.25) is 0 Å². The standard InChI is InChI=1S/C20H23F2N5O.HI/c1-3-23-20(24-12-14-8-4-7-11-17(14)28-19(21)22)25-13-18-26-15-9-5-6-10-16(15)27(18)2;/h4-11,19H,3,12-13H2,1-2H3,(H2,23,24,25);1H. The maximum atomic E-state index is 12.6. The summed E-state index contributed by atoms with van der Waals surface area (Å²) in [6.07, 6.45) is 0. The van der Waals surface area contributed by atoms with Gasteiger partial charge in [0.2, 0.25) is 0 Å². The van der Waals surface area contributed by atoms with E-state index in [1.807, 2.05) is 42.8 Å². The molecule has 0 saturated heterocycles. The lowest BCUT2D eigenvalue weighted by Crippen LogP contribution is -2.37. The number of nitrogens with one attached hydrogen (secondary N) is 2.